The van der Waals surface area contributed by atoms with Gasteiger partial charge in [-0.25, -0.2) is 9.78 Å². The van der Waals surface area contributed by atoms with Crippen molar-refractivity contribution in [3.8, 4) is 0 Å². The first kappa shape index (κ1) is 13.5. The molecule has 1 aliphatic heterocycles. The average Bonchev–Trinajstić information content (AvgIpc) is 2.88. The van der Waals surface area contributed by atoms with E-state index in [1.54, 1.807) is 0 Å². The Morgan fingerprint density at radius 3 is 3.06 bits per heavy atom. The van der Waals surface area contributed by atoms with Crippen molar-refractivity contribution in [3.05, 3.63) is 16.1 Å². The Morgan fingerprint density at radius 1 is 1.72 bits per heavy atom. The number of aromatic nitrogens is 1. The van der Waals surface area contributed by atoms with Gasteiger partial charge in [0.2, 0.25) is 5.01 Å². The Kier molecular flexibility index (Phi) is 4.31. The topological polar surface area (TPSA) is 56.7 Å². The molecule has 0 bridgehead atoms. The zero-order valence-electron chi connectivity index (χ0n) is 10.8. The number of carboxylic acid groups (broad SMARTS) is 1. The van der Waals surface area contributed by atoms with Crippen molar-refractivity contribution in [2.75, 3.05) is 33.7 Å². The molecule has 100 valence electrons. The maximum Gasteiger partial charge on any atom is 0.365 e. The molecule has 6 heteroatoms. The highest BCUT2D eigenvalue weighted by Crippen LogP contribution is 2.17. The molecule has 2 heterocycles. The molecule has 18 heavy (non-hydrogen) atoms. The van der Waals surface area contributed by atoms with E-state index < -0.39 is 5.97 Å². The van der Waals surface area contributed by atoms with Crippen LogP contribution >= 0.6 is 11.3 Å². The van der Waals surface area contributed by atoms with Crippen LogP contribution in [-0.2, 0) is 6.54 Å². The molecular weight excluding hydrogens is 250 g/mol. The lowest BCUT2D eigenvalue weighted by Gasteiger charge is -2.19. The van der Waals surface area contributed by atoms with Gasteiger partial charge in [0.15, 0.2) is 0 Å². The fraction of sp³-hybridized carbons (Fsp3) is 0.667. The lowest BCUT2D eigenvalue weighted by atomic mass is 10.1. The lowest BCUT2D eigenvalue weighted by Crippen LogP contribution is -2.27. The summed E-state index contributed by atoms with van der Waals surface area (Å²) in [4.78, 5) is 19.4. The second kappa shape index (κ2) is 5.77. The number of rotatable bonds is 5. The third kappa shape index (κ3) is 3.51. The van der Waals surface area contributed by atoms with Crippen LogP contribution in [0.3, 0.4) is 0 Å². The van der Waals surface area contributed by atoms with Crippen LogP contribution in [0.1, 0.15) is 21.9 Å². The van der Waals surface area contributed by atoms with Crippen molar-refractivity contribution in [2.45, 2.75) is 13.0 Å². The molecule has 1 fully saturated rings. The summed E-state index contributed by atoms with van der Waals surface area (Å²) in [5.41, 5.74) is 0.853. The molecule has 0 saturated carbocycles. The second-order valence-electron chi connectivity index (χ2n) is 5.06. The highest BCUT2D eigenvalue weighted by Gasteiger charge is 2.21. The summed E-state index contributed by atoms with van der Waals surface area (Å²) in [6, 6.07) is 0. The molecule has 0 spiro atoms. The quantitative estimate of drug-likeness (QED) is 0.871. The van der Waals surface area contributed by atoms with Gasteiger partial charge in [0.05, 0.1) is 5.69 Å². The smallest absolute Gasteiger partial charge is 0.365 e. The Hall–Kier alpha value is -0.980. The number of hydrogen-bond acceptors (Lipinski definition) is 5. The van der Waals surface area contributed by atoms with Crippen LogP contribution in [0.25, 0.3) is 0 Å². The van der Waals surface area contributed by atoms with E-state index in [4.69, 9.17) is 5.11 Å². The first-order chi connectivity index (χ1) is 8.54. The number of likely N-dealkylation sites (tertiary alicyclic amines) is 1. The van der Waals surface area contributed by atoms with E-state index in [-0.39, 0.29) is 5.01 Å². The molecule has 1 saturated heterocycles. The van der Waals surface area contributed by atoms with Gasteiger partial charge in [-0.15, -0.1) is 11.3 Å². The maximum atomic E-state index is 10.7. The van der Waals surface area contributed by atoms with Crippen LogP contribution in [0.15, 0.2) is 5.38 Å². The zero-order valence-corrected chi connectivity index (χ0v) is 11.6. The van der Waals surface area contributed by atoms with Gasteiger partial charge in [0.25, 0.3) is 0 Å². The van der Waals surface area contributed by atoms with Crippen molar-refractivity contribution < 1.29 is 9.90 Å². The SMILES string of the molecule is CN1CCC(CN(C)Cc2csc(C(=O)O)n2)C1. The van der Waals surface area contributed by atoms with Crippen molar-refractivity contribution >= 4 is 17.3 Å². The molecule has 0 amide bonds. The standard InChI is InChI=1S/C12H19N3O2S/c1-14-4-3-9(5-14)6-15(2)7-10-8-18-11(13-10)12(16)17/h8-9H,3-7H2,1-2H3,(H,16,17). The predicted molar refractivity (Wildman–Crippen MR) is 71.0 cm³/mol. The summed E-state index contributed by atoms with van der Waals surface area (Å²) < 4.78 is 0. The van der Waals surface area contributed by atoms with Gasteiger partial charge in [-0.1, -0.05) is 0 Å². The van der Waals surface area contributed by atoms with Gasteiger partial charge in [0.1, 0.15) is 0 Å². The number of aromatic carboxylic acids is 1. The van der Waals surface area contributed by atoms with Crippen LogP contribution in [0.2, 0.25) is 0 Å². The third-order valence-electron chi connectivity index (χ3n) is 3.23. The molecule has 0 aliphatic carbocycles. The highest BCUT2D eigenvalue weighted by atomic mass is 32.1. The average molecular weight is 269 g/mol. The number of carbonyl (C=O) groups is 1. The first-order valence-electron chi connectivity index (χ1n) is 6.09. The minimum absolute atomic E-state index is 0.180. The molecule has 2 rings (SSSR count). The number of nitrogens with zero attached hydrogens (tertiary/aromatic N) is 3. The highest BCUT2D eigenvalue weighted by molar-refractivity contribution is 7.11. The minimum Gasteiger partial charge on any atom is -0.476 e. The van der Waals surface area contributed by atoms with E-state index in [2.05, 4.69) is 28.9 Å². The second-order valence-corrected chi connectivity index (χ2v) is 5.92. The van der Waals surface area contributed by atoms with Gasteiger partial charge >= 0.3 is 5.97 Å². The van der Waals surface area contributed by atoms with Gasteiger partial charge in [-0.05, 0) is 33.0 Å². The van der Waals surface area contributed by atoms with Gasteiger partial charge in [-0.3, -0.25) is 0 Å². The number of thiazole rings is 1. The summed E-state index contributed by atoms with van der Waals surface area (Å²) in [7, 11) is 4.22. The van der Waals surface area contributed by atoms with E-state index >= 15 is 0 Å². The Labute approximate surface area is 111 Å². The molecule has 1 unspecified atom stereocenters. The molecule has 5 nitrogen and oxygen atoms in total. The van der Waals surface area contributed by atoms with Gasteiger partial charge in [0, 0.05) is 25.0 Å². The summed E-state index contributed by atoms with van der Waals surface area (Å²) in [6.07, 6.45) is 1.25. The summed E-state index contributed by atoms with van der Waals surface area (Å²) in [5.74, 6) is -0.219. The fourth-order valence-electron chi connectivity index (χ4n) is 2.44. The number of hydrogen-bond donors (Lipinski definition) is 1. The zero-order chi connectivity index (χ0) is 13.1. The van der Waals surface area contributed by atoms with E-state index in [0.29, 0.717) is 0 Å². The van der Waals surface area contributed by atoms with Crippen LogP contribution in [0.4, 0.5) is 0 Å². The Morgan fingerprint density at radius 2 is 2.50 bits per heavy atom. The molecule has 1 aromatic heterocycles. The van der Waals surface area contributed by atoms with Crippen LogP contribution in [-0.4, -0.2) is 59.6 Å². The molecule has 1 aliphatic rings. The van der Waals surface area contributed by atoms with Crippen LogP contribution in [0.5, 0.6) is 0 Å². The Balaban J connectivity index is 1.82. The molecule has 1 aromatic rings. The molecular formula is C12H19N3O2S. The predicted octanol–water partition coefficient (Wildman–Crippen LogP) is 1.22. The van der Waals surface area contributed by atoms with Crippen molar-refractivity contribution in [3.63, 3.8) is 0 Å². The summed E-state index contributed by atoms with van der Waals surface area (Å²) in [6.45, 7) is 4.11. The molecule has 1 N–H and O–H groups in total. The van der Waals surface area contributed by atoms with Gasteiger partial charge < -0.3 is 14.9 Å². The molecule has 1 atom stereocenters. The van der Waals surface area contributed by atoms with E-state index in [0.717, 1.165) is 31.2 Å². The van der Waals surface area contributed by atoms with E-state index in [9.17, 15) is 4.79 Å². The number of carboxylic acids is 1. The molecule has 0 radical (unpaired) electrons. The van der Waals surface area contributed by atoms with Crippen molar-refractivity contribution in [2.24, 2.45) is 5.92 Å². The van der Waals surface area contributed by atoms with E-state index in [1.165, 1.54) is 24.3 Å². The summed E-state index contributed by atoms with van der Waals surface area (Å²) in [5, 5.41) is 10.8. The first-order valence-corrected chi connectivity index (χ1v) is 6.97. The van der Waals surface area contributed by atoms with Gasteiger partial charge in [-0.2, -0.15) is 0 Å². The normalized spacial score (nSPS) is 20.7. The minimum atomic E-state index is -0.939. The largest absolute Gasteiger partial charge is 0.476 e. The van der Waals surface area contributed by atoms with Crippen molar-refractivity contribution in [1.82, 2.24) is 14.8 Å². The van der Waals surface area contributed by atoms with Crippen LogP contribution < -0.4 is 0 Å². The third-order valence-corrected chi connectivity index (χ3v) is 4.10. The van der Waals surface area contributed by atoms with Crippen LogP contribution in [0, 0.1) is 5.92 Å². The molecule has 0 aromatic carbocycles. The fourth-order valence-corrected chi connectivity index (χ4v) is 3.08. The van der Waals surface area contributed by atoms with Crippen molar-refractivity contribution in [1.29, 1.82) is 0 Å². The van der Waals surface area contributed by atoms with E-state index in [1.807, 2.05) is 5.38 Å². The lowest BCUT2D eigenvalue weighted by molar-refractivity contribution is 0.0696. The maximum absolute atomic E-state index is 10.7. The summed E-state index contributed by atoms with van der Waals surface area (Å²) >= 11 is 1.20. The monoisotopic (exact) mass is 269 g/mol. The Bertz CT molecular complexity index is 421.